The van der Waals surface area contributed by atoms with E-state index in [1.807, 2.05) is 0 Å². The Labute approximate surface area is 116 Å². The normalized spacial score (nSPS) is 13.4. The lowest BCUT2D eigenvalue weighted by Gasteiger charge is -2.23. The average Bonchev–Trinajstić information content (AvgIpc) is 2.64. The maximum absolute atomic E-state index is 5.99. The first kappa shape index (κ1) is 14.1. The molecule has 2 rings (SSSR count). The molecule has 0 amide bonds. The predicted octanol–water partition coefficient (Wildman–Crippen LogP) is 2.61. The molecule has 1 aromatic carbocycles. The van der Waals surface area contributed by atoms with Gasteiger partial charge in [-0.15, -0.1) is 0 Å². The van der Waals surface area contributed by atoms with Gasteiger partial charge in [0.05, 0.1) is 5.52 Å². The van der Waals surface area contributed by atoms with Crippen LogP contribution in [0.5, 0.6) is 0 Å². The summed E-state index contributed by atoms with van der Waals surface area (Å²) in [5.41, 5.74) is 11.5. The van der Waals surface area contributed by atoms with Crippen LogP contribution in [0.25, 0.3) is 10.9 Å². The number of hydrogen-bond acceptors (Lipinski definition) is 2. The zero-order chi connectivity index (χ0) is 14.2. The molecule has 1 atom stereocenters. The van der Waals surface area contributed by atoms with Crippen molar-refractivity contribution in [3.8, 4) is 0 Å². The predicted molar refractivity (Wildman–Crippen MR) is 82.5 cm³/mol. The third-order valence-corrected chi connectivity index (χ3v) is 4.20. The highest BCUT2D eigenvalue weighted by Crippen LogP contribution is 2.33. The minimum atomic E-state index is 0.274. The number of nitrogens with zero attached hydrogens (tertiary/aromatic N) is 2. The molecule has 0 fully saturated rings. The zero-order valence-corrected chi connectivity index (χ0v) is 12.7. The standard InChI is InChI=1S/C16H25N3/c1-6-12-8-7-9-13-15(14(10-17)18(3)4)11(2)19(5)16(12)13/h7-9,14H,6,10,17H2,1-5H3. The summed E-state index contributed by atoms with van der Waals surface area (Å²) in [5, 5.41) is 1.35. The van der Waals surface area contributed by atoms with E-state index >= 15 is 0 Å². The van der Waals surface area contributed by atoms with Gasteiger partial charge in [0.25, 0.3) is 0 Å². The molecule has 0 saturated carbocycles. The van der Waals surface area contributed by atoms with Crippen molar-refractivity contribution in [2.45, 2.75) is 26.3 Å². The topological polar surface area (TPSA) is 34.2 Å². The van der Waals surface area contributed by atoms with Crippen LogP contribution in [0.3, 0.4) is 0 Å². The highest BCUT2D eigenvalue weighted by Gasteiger charge is 2.22. The van der Waals surface area contributed by atoms with Crippen LogP contribution in [0.2, 0.25) is 0 Å². The number of aromatic nitrogens is 1. The minimum Gasteiger partial charge on any atom is -0.347 e. The van der Waals surface area contributed by atoms with E-state index in [1.165, 1.54) is 27.7 Å². The summed E-state index contributed by atoms with van der Waals surface area (Å²) in [5.74, 6) is 0. The molecule has 2 N–H and O–H groups in total. The summed E-state index contributed by atoms with van der Waals surface area (Å²) in [4.78, 5) is 2.21. The van der Waals surface area contributed by atoms with E-state index in [-0.39, 0.29) is 6.04 Å². The van der Waals surface area contributed by atoms with Crippen molar-refractivity contribution in [2.24, 2.45) is 12.8 Å². The molecule has 1 heterocycles. The van der Waals surface area contributed by atoms with Crippen molar-refractivity contribution in [3.05, 3.63) is 35.0 Å². The number of para-hydroxylation sites is 1. The van der Waals surface area contributed by atoms with Crippen molar-refractivity contribution in [1.82, 2.24) is 9.47 Å². The Morgan fingerprint density at radius 2 is 2.00 bits per heavy atom. The van der Waals surface area contributed by atoms with Crippen molar-refractivity contribution in [1.29, 1.82) is 0 Å². The number of rotatable bonds is 4. The van der Waals surface area contributed by atoms with Crippen LogP contribution in [0, 0.1) is 6.92 Å². The largest absolute Gasteiger partial charge is 0.347 e. The van der Waals surface area contributed by atoms with Crippen LogP contribution in [-0.4, -0.2) is 30.1 Å². The van der Waals surface area contributed by atoms with E-state index in [9.17, 15) is 0 Å². The first-order valence-corrected chi connectivity index (χ1v) is 6.96. The molecule has 0 spiro atoms. The Hall–Kier alpha value is -1.32. The van der Waals surface area contributed by atoms with Crippen LogP contribution < -0.4 is 5.73 Å². The fraction of sp³-hybridized carbons (Fsp3) is 0.500. The van der Waals surface area contributed by atoms with Gasteiger partial charge in [-0.3, -0.25) is 0 Å². The summed E-state index contributed by atoms with van der Waals surface area (Å²) in [6, 6.07) is 6.88. The van der Waals surface area contributed by atoms with Crippen molar-refractivity contribution < 1.29 is 0 Å². The highest BCUT2D eigenvalue weighted by molar-refractivity contribution is 5.88. The lowest BCUT2D eigenvalue weighted by atomic mass is 10.00. The summed E-state index contributed by atoms with van der Waals surface area (Å²) in [6.07, 6.45) is 1.06. The lowest BCUT2D eigenvalue weighted by molar-refractivity contribution is 0.306. The van der Waals surface area contributed by atoms with E-state index < -0.39 is 0 Å². The Bertz CT molecular complexity index is 581. The van der Waals surface area contributed by atoms with E-state index in [2.05, 4.69) is 62.7 Å². The van der Waals surface area contributed by atoms with Crippen LogP contribution in [0.1, 0.15) is 29.8 Å². The molecule has 0 bridgehead atoms. The molecule has 0 saturated heterocycles. The lowest BCUT2D eigenvalue weighted by Crippen LogP contribution is -2.27. The first-order chi connectivity index (χ1) is 9.02. The monoisotopic (exact) mass is 259 g/mol. The number of likely N-dealkylation sites (N-methyl/N-ethyl adjacent to an activating group) is 1. The van der Waals surface area contributed by atoms with Crippen LogP contribution >= 0.6 is 0 Å². The second kappa shape index (κ2) is 5.35. The molecule has 0 radical (unpaired) electrons. The number of benzene rings is 1. The Morgan fingerprint density at radius 3 is 2.53 bits per heavy atom. The maximum Gasteiger partial charge on any atom is 0.0515 e. The van der Waals surface area contributed by atoms with Crippen molar-refractivity contribution in [3.63, 3.8) is 0 Å². The van der Waals surface area contributed by atoms with E-state index in [4.69, 9.17) is 5.73 Å². The van der Waals surface area contributed by atoms with Gasteiger partial charge in [-0.1, -0.05) is 25.1 Å². The Kier molecular flexibility index (Phi) is 3.97. The molecule has 3 heteroatoms. The molecule has 1 aromatic heterocycles. The first-order valence-electron chi connectivity index (χ1n) is 6.96. The Morgan fingerprint density at radius 1 is 1.32 bits per heavy atom. The van der Waals surface area contributed by atoms with Gasteiger partial charge in [-0.25, -0.2) is 0 Å². The van der Waals surface area contributed by atoms with Gasteiger partial charge in [-0.2, -0.15) is 0 Å². The van der Waals surface area contributed by atoms with Gasteiger partial charge in [0, 0.05) is 30.7 Å². The minimum absolute atomic E-state index is 0.274. The number of hydrogen-bond donors (Lipinski definition) is 1. The third kappa shape index (κ3) is 2.17. The summed E-state index contributed by atoms with van der Waals surface area (Å²) < 4.78 is 2.32. The van der Waals surface area contributed by atoms with Crippen LogP contribution in [0.15, 0.2) is 18.2 Å². The highest BCUT2D eigenvalue weighted by atomic mass is 15.1. The third-order valence-electron chi connectivity index (χ3n) is 4.20. The van der Waals surface area contributed by atoms with Gasteiger partial charge < -0.3 is 15.2 Å². The SMILES string of the molecule is CCc1cccc2c(C(CN)N(C)C)c(C)n(C)c12. The molecule has 3 nitrogen and oxygen atoms in total. The van der Waals surface area contributed by atoms with Crippen molar-refractivity contribution >= 4 is 10.9 Å². The van der Waals surface area contributed by atoms with Gasteiger partial charge in [0.2, 0.25) is 0 Å². The molecule has 0 aliphatic carbocycles. The van der Waals surface area contributed by atoms with Gasteiger partial charge >= 0.3 is 0 Å². The van der Waals surface area contributed by atoms with E-state index in [1.54, 1.807) is 0 Å². The van der Waals surface area contributed by atoms with Gasteiger partial charge in [0.15, 0.2) is 0 Å². The molecule has 2 aromatic rings. The molecule has 1 unspecified atom stereocenters. The fourth-order valence-corrected chi connectivity index (χ4v) is 3.04. The maximum atomic E-state index is 5.99. The number of nitrogens with two attached hydrogens (primary N) is 1. The van der Waals surface area contributed by atoms with E-state index in [0.29, 0.717) is 6.54 Å². The van der Waals surface area contributed by atoms with Crippen LogP contribution in [-0.2, 0) is 13.5 Å². The quantitative estimate of drug-likeness (QED) is 0.916. The van der Waals surface area contributed by atoms with E-state index in [0.717, 1.165) is 6.42 Å². The van der Waals surface area contributed by atoms with Crippen molar-refractivity contribution in [2.75, 3.05) is 20.6 Å². The van der Waals surface area contributed by atoms with Gasteiger partial charge in [-0.05, 0) is 38.6 Å². The second-order valence-corrected chi connectivity index (χ2v) is 5.44. The fourth-order valence-electron chi connectivity index (χ4n) is 3.04. The summed E-state index contributed by atoms with van der Waals surface area (Å²) >= 11 is 0. The van der Waals surface area contributed by atoms with Crippen LogP contribution in [0.4, 0.5) is 0 Å². The molecular formula is C16H25N3. The summed E-state index contributed by atoms with van der Waals surface area (Å²) in [6.45, 7) is 5.05. The summed E-state index contributed by atoms with van der Waals surface area (Å²) in [7, 11) is 6.35. The molecular weight excluding hydrogens is 234 g/mol. The zero-order valence-electron chi connectivity index (χ0n) is 12.7. The average molecular weight is 259 g/mol. The number of aryl methyl sites for hydroxylation is 2. The smallest absolute Gasteiger partial charge is 0.0515 e. The Balaban J connectivity index is 2.78. The molecule has 0 aliphatic rings. The molecule has 104 valence electrons. The second-order valence-electron chi connectivity index (χ2n) is 5.44. The molecule has 19 heavy (non-hydrogen) atoms. The number of fused-ring (bicyclic) bond motifs is 1. The molecule has 0 aliphatic heterocycles. The van der Waals surface area contributed by atoms with Gasteiger partial charge in [0.1, 0.15) is 0 Å².